The first-order valence-corrected chi connectivity index (χ1v) is 9.46. The summed E-state index contributed by atoms with van der Waals surface area (Å²) >= 11 is 0. The van der Waals surface area contributed by atoms with Gasteiger partial charge in [-0.1, -0.05) is 56.3 Å². The summed E-state index contributed by atoms with van der Waals surface area (Å²) in [5, 5.41) is 10.3. The highest BCUT2D eigenvalue weighted by Gasteiger charge is 2.20. The Morgan fingerprint density at radius 2 is 1.74 bits per heavy atom. The molecule has 27 heavy (non-hydrogen) atoms. The molecule has 0 aliphatic heterocycles. The van der Waals surface area contributed by atoms with Crippen LogP contribution in [0.4, 0.5) is 0 Å². The highest BCUT2D eigenvalue weighted by molar-refractivity contribution is 5.64. The number of para-hydroxylation sites is 1. The molecule has 1 heterocycles. The number of benzene rings is 2. The maximum Gasteiger partial charge on any atom is 0.257 e. The lowest BCUT2D eigenvalue weighted by Crippen LogP contribution is -2.29. The van der Waals surface area contributed by atoms with Crippen LogP contribution < -0.4 is 5.56 Å². The zero-order valence-electron chi connectivity index (χ0n) is 16.1. The van der Waals surface area contributed by atoms with Gasteiger partial charge in [-0.15, -0.1) is 0 Å². The van der Waals surface area contributed by atoms with Crippen LogP contribution in [-0.4, -0.2) is 14.7 Å². The number of aromatic hydroxyl groups is 1. The molecular formula is C23H26N2O2. The van der Waals surface area contributed by atoms with Gasteiger partial charge in [0.15, 0.2) is 0 Å². The second kappa shape index (κ2) is 8.21. The normalized spacial score (nSPS) is 12.1. The number of phenols is 1. The van der Waals surface area contributed by atoms with Gasteiger partial charge in [-0.3, -0.25) is 9.36 Å². The maximum absolute atomic E-state index is 13.4. The summed E-state index contributed by atoms with van der Waals surface area (Å²) < 4.78 is 1.72. The fourth-order valence-corrected chi connectivity index (χ4v) is 3.41. The molecular weight excluding hydrogens is 336 g/mol. The largest absolute Gasteiger partial charge is 0.507 e. The van der Waals surface area contributed by atoms with Gasteiger partial charge < -0.3 is 5.11 Å². The SMILES string of the molecule is CCC(C)c1c(C)nc(-c2ccccc2O)n(CCc2ccccc2)c1=O. The van der Waals surface area contributed by atoms with Gasteiger partial charge in [-0.2, -0.15) is 0 Å². The Balaban J connectivity index is 2.14. The van der Waals surface area contributed by atoms with Gasteiger partial charge in [0.05, 0.1) is 5.56 Å². The summed E-state index contributed by atoms with van der Waals surface area (Å²) in [6.07, 6.45) is 1.61. The van der Waals surface area contributed by atoms with E-state index in [2.05, 4.69) is 26.0 Å². The van der Waals surface area contributed by atoms with Gasteiger partial charge in [0.1, 0.15) is 11.6 Å². The molecule has 0 saturated heterocycles. The molecule has 4 nitrogen and oxygen atoms in total. The molecule has 1 atom stereocenters. The molecule has 0 aliphatic carbocycles. The average Bonchev–Trinajstić information content (AvgIpc) is 2.68. The molecule has 0 fully saturated rings. The Morgan fingerprint density at radius 1 is 1.07 bits per heavy atom. The molecule has 0 spiro atoms. The Labute approximate surface area is 160 Å². The molecule has 1 aromatic heterocycles. The number of rotatable bonds is 6. The molecule has 140 valence electrons. The second-order valence-corrected chi connectivity index (χ2v) is 6.95. The predicted octanol–water partition coefficient (Wildman–Crippen LogP) is 4.68. The predicted molar refractivity (Wildman–Crippen MR) is 109 cm³/mol. The lowest BCUT2D eigenvalue weighted by atomic mass is 9.98. The minimum absolute atomic E-state index is 0.00830. The smallest absolute Gasteiger partial charge is 0.257 e. The molecule has 2 aromatic carbocycles. The van der Waals surface area contributed by atoms with Gasteiger partial charge >= 0.3 is 0 Å². The molecule has 0 saturated carbocycles. The van der Waals surface area contributed by atoms with Crippen LogP contribution in [0, 0.1) is 6.92 Å². The summed E-state index contributed by atoms with van der Waals surface area (Å²) in [6, 6.07) is 17.1. The molecule has 0 aliphatic rings. The number of hydrogen-bond acceptors (Lipinski definition) is 3. The first kappa shape index (κ1) is 18.9. The second-order valence-electron chi connectivity index (χ2n) is 6.95. The van der Waals surface area contributed by atoms with Crippen molar-refractivity contribution in [1.82, 2.24) is 9.55 Å². The lowest BCUT2D eigenvalue weighted by Gasteiger charge is -2.19. The third kappa shape index (κ3) is 3.95. The Kier molecular flexibility index (Phi) is 5.75. The monoisotopic (exact) mass is 362 g/mol. The number of nitrogens with zero attached hydrogens (tertiary/aromatic N) is 2. The fourth-order valence-electron chi connectivity index (χ4n) is 3.41. The Hall–Kier alpha value is -2.88. The van der Waals surface area contributed by atoms with Gasteiger partial charge in [0, 0.05) is 17.8 Å². The number of hydrogen-bond donors (Lipinski definition) is 1. The molecule has 0 bridgehead atoms. The quantitative estimate of drug-likeness (QED) is 0.693. The third-order valence-corrected chi connectivity index (χ3v) is 5.11. The summed E-state index contributed by atoms with van der Waals surface area (Å²) in [5.74, 6) is 0.804. The van der Waals surface area contributed by atoms with Gasteiger partial charge in [0.25, 0.3) is 5.56 Å². The van der Waals surface area contributed by atoms with E-state index < -0.39 is 0 Å². The van der Waals surface area contributed by atoms with Crippen molar-refractivity contribution in [2.75, 3.05) is 0 Å². The van der Waals surface area contributed by atoms with E-state index in [9.17, 15) is 9.90 Å². The van der Waals surface area contributed by atoms with Crippen molar-refractivity contribution in [2.45, 2.75) is 46.1 Å². The van der Waals surface area contributed by atoms with E-state index in [0.29, 0.717) is 17.9 Å². The van der Waals surface area contributed by atoms with Crippen LogP contribution in [0.25, 0.3) is 11.4 Å². The van der Waals surface area contributed by atoms with Crippen molar-refractivity contribution >= 4 is 0 Å². The lowest BCUT2D eigenvalue weighted by molar-refractivity contribution is 0.475. The zero-order valence-corrected chi connectivity index (χ0v) is 16.1. The number of phenolic OH excluding ortho intramolecular Hbond substituents is 1. The van der Waals surface area contributed by atoms with E-state index in [-0.39, 0.29) is 17.2 Å². The highest BCUT2D eigenvalue weighted by Crippen LogP contribution is 2.28. The van der Waals surface area contributed by atoms with E-state index in [1.807, 2.05) is 31.2 Å². The van der Waals surface area contributed by atoms with Crippen LogP contribution in [0.1, 0.15) is 43.0 Å². The van der Waals surface area contributed by atoms with Crippen molar-refractivity contribution in [3.8, 4) is 17.1 Å². The van der Waals surface area contributed by atoms with Gasteiger partial charge in [0.2, 0.25) is 0 Å². The number of aromatic nitrogens is 2. The summed E-state index contributed by atoms with van der Waals surface area (Å²) in [4.78, 5) is 18.1. The molecule has 1 N–H and O–H groups in total. The van der Waals surface area contributed by atoms with E-state index in [1.54, 1.807) is 22.8 Å². The highest BCUT2D eigenvalue weighted by atomic mass is 16.3. The minimum Gasteiger partial charge on any atom is -0.507 e. The Bertz CT molecular complexity index is 977. The van der Waals surface area contributed by atoms with Crippen molar-refractivity contribution in [3.05, 3.63) is 81.8 Å². The van der Waals surface area contributed by atoms with Gasteiger partial charge in [-0.25, -0.2) is 4.98 Å². The molecule has 3 rings (SSSR count). The van der Waals surface area contributed by atoms with E-state index in [0.717, 1.165) is 24.1 Å². The van der Waals surface area contributed by atoms with E-state index in [4.69, 9.17) is 4.98 Å². The van der Waals surface area contributed by atoms with Crippen LogP contribution in [-0.2, 0) is 13.0 Å². The van der Waals surface area contributed by atoms with E-state index >= 15 is 0 Å². The van der Waals surface area contributed by atoms with Gasteiger partial charge in [-0.05, 0) is 43.4 Å². The maximum atomic E-state index is 13.4. The third-order valence-electron chi connectivity index (χ3n) is 5.11. The molecule has 1 unspecified atom stereocenters. The summed E-state index contributed by atoms with van der Waals surface area (Å²) in [5.41, 5.74) is 3.25. The van der Waals surface area contributed by atoms with Crippen molar-refractivity contribution in [1.29, 1.82) is 0 Å². The Morgan fingerprint density at radius 3 is 2.41 bits per heavy atom. The number of aryl methyl sites for hydroxylation is 2. The zero-order chi connectivity index (χ0) is 19.4. The first-order chi connectivity index (χ1) is 13.0. The standard InChI is InChI=1S/C23H26N2O2/c1-4-16(2)21-17(3)24-22(19-12-8-9-13-20(19)26)25(23(21)27)15-14-18-10-6-5-7-11-18/h5-13,16,26H,4,14-15H2,1-3H3. The average molecular weight is 362 g/mol. The molecule has 3 aromatic rings. The van der Waals surface area contributed by atoms with Crippen LogP contribution in [0.5, 0.6) is 5.75 Å². The first-order valence-electron chi connectivity index (χ1n) is 9.46. The fraction of sp³-hybridized carbons (Fsp3) is 0.304. The van der Waals surface area contributed by atoms with Crippen molar-refractivity contribution in [3.63, 3.8) is 0 Å². The van der Waals surface area contributed by atoms with E-state index in [1.165, 1.54) is 5.56 Å². The summed E-state index contributed by atoms with van der Waals surface area (Å²) in [7, 11) is 0. The molecule has 4 heteroatoms. The summed E-state index contributed by atoms with van der Waals surface area (Å²) in [6.45, 7) is 6.54. The van der Waals surface area contributed by atoms with Crippen molar-refractivity contribution in [2.24, 2.45) is 0 Å². The van der Waals surface area contributed by atoms with Crippen LogP contribution in [0.3, 0.4) is 0 Å². The van der Waals surface area contributed by atoms with Crippen LogP contribution in [0.2, 0.25) is 0 Å². The van der Waals surface area contributed by atoms with Crippen molar-refractivity contribution < 1.29 is 5.11 Å². The van der Waals surface area contributed by atoms with Crippen LogP contribution in [0.15, 0.2) is 59.4 Å². The van der Waals surface area contributed by atoms with Crippen LogP contribution >= 0.6 is 0 Å². The topological polar surface area (TPSA) is 55.1 Å². The minimum atomic E-state index is -0.00830. The molecule has 0 amide bonds. The molecule has 0 radical (unpaired) electrons.